The highest BCUT2D eigenvalue weighted by Gasteiger charge is 2.19. The van der Waals surface area contributed by atoms with Crippen LogP contribution < -0.4 is 26.2 Å². The van der Waals surface area contributed by atoms with Gasteiger partial charge in [0, 0.05) is 49.9 Å². The van der Waals surface area contributed by atoms with Crippen LogP contribution in [0.1, 0.15) is 18.9 Å². The molecule has 1 aliphatic rings. The summed E-state index contributed by atoms with van der Waals surface area (Å²) in [5.41, 5.74) is 7.61. The molecule has 2 heterocycles. The SMILES string of the molecule is CCCSNc1ccc(F)c(N(N)/C=C(\N)c2cncc(N3CCN(CC#N)CC3)c2)c1F. The third kappa shape index (κ3) is 6.25. The van der Waals surface area contributed by atoms with E-state index in [2.05, 4.69) is 25.6 Å². The van der Waals surface area contributed by atoms with Gasteiger partial charge in [-0.05, 0) is 24.6 Å². The fourth-order valence-electron chi connectivity index (χ4n) is 3.40. The number of hydrogen-bond acceptors (Lipinski definition) is 9. The van der Waals surface area contributed by atoms with E-state index in [4.69, 9.17) is 16.8 Å². The Balaban J connectivity index is 1.76. The van der Waals surface area contributed by atoms with E-state index in [1.807, 2.05) is 13.0 Å². The number of nitriles is 1. The Morgan fingerprint density at radius 3 is 2.76 bits per heavy atom. The summed E-state index contributed by atoms with van der Waals surface area (Å²) < 4.78 is 32.2. The number of hydrazine groups is 1. The molecule has 1 saturated heterocycles. The molecule has 0 bridgehead atoms. The molecule has 176 valence electrons. The van der Waals surface area contributed by atoms with Crippen LogP contribution in [0.5, 0.6) is 0 Å². The minimum atomic E-state index is -0.799. The van der Waals surface area contributed by atoms with Crippen LogP contribution in [0.2, 0.25) is 0 Å². The molecule has 1 fully saturated rings. The summed E-state index contributed by atoms with van der Waals surface area (Å²) in [7, 11) is 0. The number of rotatable bonds is 9. The molecular formula is C22H28F2N8S. The third-order valence-corrected chi connectivity index (χ3v) is 6.16. The molecular weight excluding hydrogens is 446 g/mol. The molecule has 3 rings (SSSR count). The predicted molar refractivity (Wildman–Crippen MR) is 130 cm³/mol. The number of benzene rings is 1. The lowest BCUT2D eigenvalue weighted by Gasteiger charge is -2.34. The molecule has 0 unspecified atom stereocenters. The number of pyridine rings is 1. The van der Waals surface area contributed by atoms with Gasteiger partial charge in [-0.15, -0.1) is 0 Å². The Kier molecular flexibility index (Phi) is 8.71. The van der Waals surface area contributed by atoms with E-state index in [0.717, 1.165) is 55.1 Å². The van der Waals surface area contributed by atoms with E-state index in [9.17, 15) is 8.78 Å². The molecule has 8 nitrogen and oxygen atoms in total. The molecule has 0 atom stereocenters. The summed E-state index contributed by atoms with van der Waals surface area (Å²) in [6.45, 7) is 5.49. The van der Waals surface area contributed by atoms with E-state index >= 15 is 0 Å². The van der Waals surface area contributed by atoms with Crippen LogP contribution >= 0.6 is 11.9 Å². The van der Waals surface area contributed by atoms with Gasteiger partial charge in [0.05, 0.1) is 35.9 Å². The van der Waals surface area contributed by atoms with Crippen molar-refractivity contribution in [3.63, 3.8) is 0 Å². The van der Waals surface area contributed by atoms with E-state index < -0.39 is 17.3 Å². The normalized spacial score (nSPS) is 14.8. The van der Waals surface area contributed by atoms with Gasteiger partial charge in [-0.2, -0.15) is 5.26 Å². The first-order chi connectivity index (χ1) is 15.9. The number of piperazine rings is 1. The average Bonchev–Trinajstić information content (AvgIpc) is 2.81. The maximum atomic E-state index is 14.9. The molecule has 0 amide bonds. The fourth-order valence-corrected chi connectivity index (χ4v) is 4.02. The second-order valence-electron chi connectivity index (χ2n) is 7.55. The zero-order chi connectivity index (χ0) is 23.8. The molecule has 0 aliphatic carbocycles. The van der Waals surface area contributed by atoms with Crippen LogP contribution in [0.3, 0.4) is 0 Å². The van der Waals surface area contributed by atoms with E-state index in [-0.39, 0.29) is 11.4 Å². The van der Waals surface area contributed by atoms with Crippen LogP contribution in [-0.2, 0) is 0 Å². The summed E-state index contributed by atoms with van der Waals surface area (Å²) in [4.78, 5) is 8.50. The Hall–Kier alpha value is -3.07. The largest absolute Gasteiger partial charge is 0.397 e. The Labute approximate surface area is 196 Å². The van der Waals surface area contributed by atoms with Crippen molar-refractivity contribution in [3.8, 4) is 6.07 Å². The molecule has 1 aromatic carbocycles. The fraction of sp³-hybridized carbons (Fsp3) is 0.364. The van der Waals surface area contributed by atoms with Gasteiger partial charge in [-0.25, -0.2) is 14.6 Å². The molecule has 1 aliphatic heterocycles. The molecule has 11 heteroatoms. The van der Waals surface area contributed by atoms with Gasteiger partial charge >= 0.3 is 0 Å². The monoisotopic (exact) mass is 474 g/mol. The lowest BCUT2D eigenvalue weighted by molar-refractivity contribution is 0.287. The third-order valence-electron chi connectivity index (χ3n) is 5.18. The summed E-state index contributed by atoms with van der Waals surface area (Å²) in [5, 5.41) is 9.70. The van der Waals surface area contributed by atoms with Gasteiger partial charge in [0.2, 0.25) is 0 Å². The van der Waals surface area contributed by atoms with Crippen molar-refractivity contribution in [1.82, 2.24) is 9.88 Å². The summed E-state index contributed by atoms with van der Waals surface area (Å²) >= 11 is 1.33. The first kappa shape index (κ1) is 24.6. The molecule has 1 aromatic heterocycles. The highest BCUT2D eigenvalue weighted by molar-refractivity contribution is 8.00. The zero-order valence-electron chi connectivity index (χ0n) is 18.5. The van der Waals surface area contributed by atoms with E-state index in [1.54, 1.807) is 12.4 Å². The van der Waals surface area contributed by atoms with E-state index in [1.165, 1.54) is 24.2 Å². The minimum absolute atomic E-state index is 0.145. The number of nitrogens with two attached hydrogens (primary N) is 2. The Morgan fingerprint density at radius 1 is 1.30 bits per heavy atom. The van der Waals surface area contributed by atoms with Crippen LogP contribution in [0, 0.1) is 23.0 Å². The molecule has 0 saturated carbocycles. The molecule has 0 radical (unpaired) electrons. The molecule has 0 spiro atoms. The highest BCUT2D eigenvalue weighted by Crippen LogP contribution is 2.30. The lowest BCUT2D eigenvalue weighted by atomic mass is 10.2. The maximum absolute atomic E-state index is 14.9. The number of nitrogens with one attached hydrogen (secondary N) is 1. The molecule has 2 aromatic rings. The average molecular weight is 475 g/mol. The van der Waals surface area contributed by atoms with Crippen molar-refractivity contribution < 1.29 is 8.78 Å². The van der Waals surface area contributed by atoms with Gasteiger partial charge in [0.15, 0.2) is 11.6 Å². The van der Waals surface area contributed by atoms with Crippen molar-refractivity contribution in [2.24, 2.45) is 11.6 Å². The molecule has 33 heavy (non-hydrogen) atoms. The zero-order valence-corrected chi connectivity index (χ0v) is 19.3. The number of nitrogens with zero attached hydrogens (tertiary/aromatic N) is 5. The van der Waals surface area contributed by atoms with Crippen molar-refractivity contribution in [2.45, 2.75) is 13.3 Å². The number of aromatic nitrogens is 1. The number of halogens is 2. The van der Waals surface area contributed by atoms with Crippen LogP contribution in [-0.4, -0.2) is 48.4 Å². The molecule has 5 N–H and O–H groups in total. The first-order valence-corrected chi connectivity index (χ1v) is 11.6. The smallest absolute Gasteiger partial charge is 0.175 e. The lowest BCUT2D eigenvalue weighted by Crippen LogP contribution is -2.46. The summed E-state index contributed by atoms with van der Waals surface area (Å²) in [6.07, 6.45) is 5.50. The van der Waals surface area contributed by atoms with Gasteiger partial charge in [-0.3, -0.25) is 14.9 Å². The van der Waals surface area contributed by atoms with Gasteiger partial charge in [-0.1, -0.05) is 18.9 Å². The van der Waals surface area contributed by atoms with Crippen molar-refractivity contribution >= 4 is 34.7 Å². The van der Waals surface area contributed by atoms with Crippen LogP contribution in [0.4, 0.5) is 25.8 Å². The number of hydrogen-bond donors (Lipinski definition) is 3. The standard InChI is InChI=1S/C22H28F2N8S/c1-2-11-33-29-20-4-3-18(23)22(21(20)24)32(27)15-19(26)16-12-17(14-28-13-16)31-9-7-30(6-5-25)8-10-31/h3-4,12-15,29H,2,6-11,26-27H2,1H3/b19-15-. The quantitative estimate of drug-likeness (QED) is 0.166. The second-order valence-corrected chi connectivity index (χ2v) is 8.45. The summed E-state index contributed by atoms with van der Waals surface area (Å²) in [6, 6.07) is 6.52. The van der Waals surface area contributed by atoms with Crippen LogP contribution in [0.15, 0.2) is 36.8 Å². The van der Waals surface area contributed by atoms with Crippen LogP contribution in [0.25, 0.3) is 5.70 Å². The highest BCUT2D eigenvalue weighted by atomic mass is 32.2. The minimum Gasteiger partial charge on any atom is -0.397 e. The number of anilines is 3. The first-order valence-electron chi connectivity index (χ1n) is 10.6. The van der Waals surface area contributed by atoms with Gasteiger partial charge < -0.3 is 15.4 Å². The predicted octanol–water partition coefficient (Wildman–Crippen LogP) is 3.11. The van der Waals surface area contributed by atoms with Crippen molar-refractivity contribution in [2.75, 3.05) is 53.1 Å². The van der Waals surface area contributed by atoms with Gasteiger partial charge in [0.25, 0.3) is 0 Å². The summed E-state index contributed by atoms with van der Waals surface area (Å²) in [5.74, 6) is 5.17. The second kappa shape index (κ2) is 11.7. The maximum Gasteiger partial charge on any atom is 0.175 e. The Morgan fingerprint density at radius 2 is 2.06 bits per heavy atom. The van der Waals surface area contributed by atoms with Crippen molar-refractivity contribution in [3.05, 3.63) is 54.0 Å². The van der Waals surface area contributed by atoms with Crippen molar-refractivity contribution in [1.29, 1.82) is 5.26 Å². The Bertz CT molecular complexity index is 1020. The topological polar surface area (TPSA) is 110 Å². The van der Waals surface area contributed by atoms with E-state index in [0.29, 0.717) is 12.1 Å². The van der Waals surface area contributed by atoms with Gasteiger partial charge in [0.1, 0.15) is 5.69 Å².